The highest BCUT2D eigenvalue weighted by Crippen LogP contribution is 2.26. The molecule has 1 aromatic carbocycles. The maximum absolute atomic E-state index is 5.36. The molecule has 0 saturated carbocycles. The highest BCUT2D eigenvalue weighted by Gasteiger charge is 2.05. The van der Waals surface area contributed by atoms with Gasteiger partial charge in [-0.25, -0.2) is 0 Å². The lowest BCUT2D eigenvalue weighted by molar-refractivity contribution is 0.132. The van der Waals surface area contributed by atoms with Gasteiger partial charge in [-0.1, -0.05) is 29.3 Å². The quantitative estimate of drug-likeness (QED) is 0.777. The van der Waals surface area contributed by atoms with E-state index in [1.54, 1.807) is 0 Å². The van der Waals surface area contributed by atoms with Crippen molar-refractivity contribution in [3.8, 4) is 0 Å². The van der Waals surface area contributed by atoms with Crippen molar-refractivity contribution in [2.75, 3.05) is 13.2 Å². The van der Waals surface area contributed by atoms with Crippen LogP contribution in [0.3, 0.4) is 0 Å². The van der Waals surface area contributed by atoms with Crippen molar-refractivity contribution >= 4 is 5.69 Å². The van der Waals surface area contributed by atoms with Crippen LogP contribution >= 0.6 is 0 Å². The lowest BCUT2D eigenvalue weighted by atomic mass is 10.1. The van der Waals surface area contributed by atoms with Crippen molar-refractivity contribution < 1.29 is 4.74 Å². The molecule has 1 unspecified atom stereocenters. The summed E-state index contributed by atoms with van der Waals surface area (Å²) in [6.07, 6.45) is -0.156. The minimum Gasteiger partial charge on any atom is -0.647 e. The fraction of sp³-hybridized carbons (Fsp3) is 0.455. The van der Waals surface area contributed by atoms with Crippen LogP contribution in [-0.2, 0) is 4.74 Å². The molecule has 0 radical (unpaired) electrons. The molecule has 1 fully saturated rings. The van der Waals surface area contributed by atoms with Crippen molar-refractivity contribution in [1.82, 2.24) is 5.32 Å². The first-order valence-corrected chi connectivity index (χ1v) is 4.89. The number of ether oxygens (including phenoxy) is 1. The van der Waals surface area contributed by atoms with E-state index in [1.807, 2.05) is 6.07 Å². The van der Waals surface area contributed by atoms with Crippen LogP contribution in [0.5, 0.6) is 0 Å². The van der Waals surface area contributed by atoms with E-state index in [1.165, 1.54) is 11.1 Å². The smallest absolute Gasteiger partial charge is 0.0591 e. The third-order valence-electron chi connectivity index (χ3n) is 2.31. The van der Waals surface area contributed by atoms with Gasteiger partial charge in [0.25, 0.3) is 0 Å². The van der Waals surface area contributed by atoms with Gasteiger partial charge in [0.05, 0.1) is 6.61 Å². The van der Waals surface area contributed by atoms with E-state index < -0.39 is 0 Å². The van der Waals surface area contributed by atoms with E-state index in [4.69, 9.17) is 4.74 Å². The molecule has 2 rings (SSSR count). The Balaban J connectivity index is 2.08. The van der Waals surface area contributed by atoms with E-state index in [-0.39, 0.29) is 6.35 Å². The maximum atomic E-state index is 5.36. The second kappa shape index (κ2) is 3.98. The predicted molar refractivity (Wildman–Crippen MR) is 56.7 cm³/mol. The summed E-state index contributed by atoms with van der Waals surface area (Å²) in [6.45, 7) is 5.79. The zero-order chi connectivity index (χ0) is 9.97. The molecule has 1 atom stereocenters. The van der Waals surface area contributed by atoms with Gasteiger partial charge in [-0.2, -0.15) is 0 Å². The largest absolute Gasteiger partial charge is 0.647 e. The fourth-order valence-corrected chi connectivity index (χ4v) is 1.57. The highest BCUT2D eigenvalue weighted by molar-refractivity contribution is 5.56. The Labute approximate surface area is 84.5 Å². The summed E-state index contributed by atoms with van der Waals surface area (Å²) in [5.74, 6) is 0. The molecule has 76 valence electrons. The lowest BCUT2D eigenvalue weighted by Crippen LogP contribution is -2.20. The van der Waals surface area contributed by atoms with Crippen LogP contribution in [-0.4, -0.2) is 19.5 Å². The molecule has 0 spiro atoms. The number of nitrogens with zero attached hydrogens (tertiary/aromatic N) is 1. The van der Waals surface area contributed by atoms with Gasteiger partial charge in [0, 0.05) is 12.9 Å². The summed E-state index contributed by atoms with van der Waals surface area (Å²) < 4.78 is 5.36. The summed E-state index contributed by atoms with van der Waals surface area (Å²) in [4.78, 5) is 0. The van der Waals surface area contributed by atoms with Gasteiger partial charge in [0.1, 0.15) is 0 Å². The standard InChI is InChI=1S/C11H15N2O/c1-8-3-4-10(9(2)7-8)13-11-12-5-6-14-11/h3-4,7,11-12H,5-6H2,1-2H3/q-1. The average molecular weight is 191 g/mol. The summed E-state index contributed by atoms with van der Waals surface area (Å²) >= 11 is 0. The van der Waals surface area contributed by atoms with Crippen molar-refractivity contribution in [1.29, 1.82) is 0 Å². The van der Waals surface area contributed by atoms with Crippen molar-refractivity contribution in [3.05, 3.63) is 34.6 Å². The molecule has 1 N–H and O–H groups in total. The fourth-order valence-electron chi connectivity index (χ4n) is 1.57. The molecule has 0 amide bonds. The second-order valence-electron chi connectivity index (χ2n) is 3.60. The van der Waals surface area contributed by atoms with Crippen molar-refractivity contribution in [3.63, 3.8) is 0 Å². The number of nitrogens with one attached hydrogen (secondary N) is 1. The first-order chi connectivity index (χ1) is 6.75. The van der Waals surface area contributed by atoms with Crippen molar-refractivity contribution in [2.24, 2.45) is 0 Å². The topological polar surface area (TPSA) is 35.4 Å². The molecule has 14 heavy (non-hydrogen) atoms. The van der Waals surface area contributed by atoms with E-state index in [0.29, 0.717) is 0 Å². The molecule has 1 aromatic rings. The molecule has 0 bridgehead atoms. The van der Waals surface area contributed by atoms with E-state index in [9.17, 15) is 0 Å². The van der Waals surface area contributed by atoms with Gasteiger partial charge < -0.3 is 15.4 Å². The van der Waals surface area contributed by atoms with Crippen LogP contribution in [0, 0.1) is 13.8 Å². The Morgan fingerprint density at radius 3 is 2.93 bits per heavy atom. The second-order valence-corrected chi connectivity index (χ2v) is 3.60. The number of aryl methyl sites for hydroxylation is 2. The normalized spacial score (nSPS) is 21.1. The number of hydrogen-bond acceptors (Lipinski definition) is 2. The monoisotopic (exact) mass is 191 g/mol. The number of benzene rings is 1. The Bertz CT molecular complexity index is 319. The van der Waals surface area contributed by atoms with Gasteiger partial charge in [-0.15, -0.1) is 5.69 Å². The van der Waals surface area contributed by atoms with E-state index >= 15 is 0 Å². The zero-order valence-corrected chi connectivity index (χ0v) is 8.58. The SMILES string of the molecule is Cc1ccc([N-]C2NCCO2)c(C)c1. The lowest BCUT2D eigenvalue weighted by Gasteiger charge is -2.30. The van der Waals surface area contributed by atoms with Crippen LogP contribution in [0.2, 0.25) is 0 Å². The van der Waals surface area contributed by atoms with E-state index in [0.717, 1.165) is 18.8 Å². The molecule has 0 aromatic heterocycles. The van der Waals surface area contributed by atoms with Gasteiger partial charge in [0.15, 0.2) is 0 Å². The zero-order valence-electron chi connectivity index (χ0n) is 8.58. The summed E-state index contributed by atoms with van der Waals surface area (Å²) in [6, 6.07) is 6.24. The molecule has 3 nitrogen and oxygen atoms in total. The van der Waals surface area contributed by atoms with Crippen LogP contribution in [0.25, 0.3) is 5.32 Å². The van der Waals surface area contributed by atoms with Gasteiger partial charge >= 0.3 is 0 Å². The molecule has 1 saturated heterocycles. The summed E-state index contributed by atoms with van der Waals surface area (Å²) in [7, 11) is 0. The Hall–Kier alpha value is -1.06. The van der Waals surface area contributed by atoms with Gasteiger partial charge in [0.2, 0.25) is 0 Å². The minimum absolute atomic E-state index is 0.156. The average Bonchev–Trinajstić information content (AvgIpc) is 2.62. The molecule has 1 aliphatic heterocycles. The summed E-state index contributed by atoms with van der Waals surface area (Å²) in [5, 5.41) is 7.62. The first-order valence-electron chi connectivity index (χ1n) is 4.89. The van der Waals surface area contributed by atoms with Crippen LogP contribution < -0.4 is 5.32 Å². The number of hydrogen-bond donors (Lipinski definition) is 1. The molecule has 1 heterocycles. The van der Waals surface area contributed by atoms with Gasteiger partial charge in [-0.3, -0.25) is 0 Å². The third kappa shape index (κ3) is 2.05. The minimum atomic E-state index is -0.156. The molecular weight excluding hydrogens is 176 g/mol. The maximum Gasteiger partial charge on any atom is 0.0591 e. The van der Waals surface area contributed by atoms with Crippen LogP contribution in [0.15, 0.2) is 18.2 Å². The van der Waals surface area contributed by atoms with Crippen molar-refractivity contribution in [2.45, 2.75) is 20.2 Å². The van der Waals surface area contributed by atoms with Crippen LogP contribution in [0.4, 0.5) is 5.69 Å². The molecule has 0 aliphatic carbocycles. The summed E-state index contributed by atoms with van der Waals surface area (Å²) in [5.41, 5.74) is 3.47. The first kappa shape index (κ1) is 9.49. The molecule has 1 aliphatic rings. The molecule has 3 heteroatoms. The third-order valence-corrected chi connectivity index (χ3v) is 2.31. The molecular formula is C11H15N2O-. The Morgan fingerprint density at radius 1 is 1.43 bits per heavy atom. The highest BCUT2D eigenvalue weighted by atomic mass is 16.5. The number of rotatable bonds is 2. The predicted octanol–water partition coefficient (Wildman–Crippen LogP) is 2.21. The van der Waals surface area contributed by atoms with Crippen LogP contribution in [0.1, 0.15) is 11.1 Å². The van der Waals surface area contributed by atoms with E-state index in [2.05, 4.69) is 36.6 Å². The Kier molecular flexibility index (Phi) is 2.70. The van der Waals surface area contributed by atoms with Gasteiger partial charge in [-0.05, 0) is 13.8 Å². The Morgan fingerprint density at radius 2 is 2.29 bits per heavy atom.